The van der Waals surface area contributed by atoms with Crippen molar-refractivity contribution < 1.29 is 31.5 Å². The van der Waals surface area contributed by atoms with Gasteiger partial charge in [-0.3, -0.25) is 4.79 Å². The van der Waals surface area contributed by atoms with Gasteiger partial charge in [0.05, 0.1) is 31.0 Å². The first-order valence-electron chi connectivity index (χ1n) is 10.8. The molecule has 0 radical (unpaired) electrons. The average Bonchev–Trinajstić information content (AvgIpc) is 3.06. The Hall–Kier alpha value is -1.40. The van der Waals surface area contributed by atoms with Crippen molar-refractivity contribution in [3.05, 3.63) is 32.9 Å². The predicted molar refractivity (Wildman–Crippen MR) is 130 cm³/mol. The van der Waals surface area contributed by atoms with Crippen LogP contribution in [0.3, 0.4) is 0 Å². The van der Waals surface area contributed by atoms with Gasteiger partial charge in [0.1, 0.15) is 10.9 Å². The fourth-order valence-corrected chi connectivity index (χ4v) is 7.03. The highest BCUT2D eigenvalue weighted by molar-refractivity contribution is 7.89. The lowest BCUT2D eigenvalue weighted by atomic mass is 9.82. The number of rotatable bonds is 9. The number of aromatic nitrogens is 1. The third-order valence-corrected chi connectivity index (χ3v) is 9.73. The second kappa shape index (κ2) is 10.2. The molecule has 1 aliphatic rings. The van der Waals surface area contributed by atoms with Crippen LogP contribution in [0.15, 0.2) is 17.0 Å². The highest BCUT2D eigenvalue weighted by Gasteiger charge is 2.39. The number of alkyl halides is 3. The van der Waals surface area contributed by atoms with Crippen molar-refractivity contribution in [2.24, 2.45) is 11.3 Å². The van der Waals surface area contributed by atoms with Crippen LogP contribution in [0.5, 0.6) is 0 Å². The number of nitrogens with zero attached hydrogens (tertiary/aromatic N) is 1. The van der Waals surface area contributed by atoms with Crippen LogP contribution in [0.1, 0.15) is 50.7 Å². The summed E-state index contributed by atoms with van der Waals surface area (Å²) in [7, 11) is -4.61. The molecule has 0 bridgehead atoms. The van der Waals surface area contributed by atoms with Gasteiger partial charge in [-0.25, -0.2) is 13.4 Å². The van der Waals surface area contributed by atoms with E-state index in [1.165, 1.54) is 17.4 Å². The quantitative estimate of drug-likeness (QED) is 0.365. The van der Waals surface area contributed by atoms with Crippen molar-refractivity contribution in [2.75, 3.05) is 0 Å². The summed E-state index contributed by atoms with van der Waals surface area (Å²) in [5.41, 5.74) is 0.0577. The van der Waals surface area contributed by atoms with Gasteiger partial charge in [0.15, 0.2) is 0 Å². The molecular weight excluding hydrogens is 548 g/mol. The first kappa shape index (κ1) is 28.2. The maximum atomic E-state index is 12.9. The van der Waals surface area contributed by atoms with Gasteiger partial charge in [0, 0.05) is 12.0 Å². The molecule has 6 nitrogen and oxygen atoms in total. The van der Waals surface area contributed by atoms with E-state index in [0.29, 0.717) is 40.4 Å². The number of hydrogen-bond donors (Lipinski definition) is 2. The van der Waals surface area contributed by atoms with E-state index in [2.05, 4.69) is 4.98 Å². The van der Waals surface area contributed by atoms with Crippen LogP contribution in [-0.4, -0.2) is 36.7 Å². The Bertz CT molecular complexity index is 1230. The summed E-state index contributed by atoms with van der Waals surface area (Å²) >= 11 is 14.0. The minimum absolute atomic E-state index is 0.128. The molecule has 13 heteroatoms. The monoisotopic (exact) mass is 572 g/mol. The first-order valence-corrected chi connectivity index (χ1v) is 13.9. The zero-order valence-corrected chi connectivity index (χ0v) is 22.3. The van der Waals surface area contributed by atoms with Gasteiger partial charge in [-0.1, -0.05) is 48.5 Å². The molecule has 1 atom stereocenters. The molecule has 1 fully saturated rings. The van der Waals surface area contributed by atoms with Gasteiger partial charge in [-0.15, -0.1) is 11.3 Å². The van der Waals surface area contributed by atoms with Crippen molar-refractivity contribution in [1.82, 2.24) is 9.71 Å². The lowest BCUT2D eigenvalue weighted by Gasteiger charge is -2.25. The van der Waals surface area contributed by atoms with Crippen LogP contribution in [0.4, 0.5) is 13.2 Å². The molecule has 35 heavy (non-hydrogen) atoms. The summed E-state index contributed by atoms with van der Waals surface area (Å²) in [4.78, 5) is 16.3. The molecule has 1 heterocycles. The number of halogens is 5. The molecule has 0 amide bonds. The van der Waals surface area contributed by atoms with Crippen molar-refractivity contribution in [2.45, 2.75) is 70.0 Å². The minimum atomic E-state index is -4.78. The second-order valence-electron chi connectivity index (χ2n) is 9.37. The number of thiazole rings is 1. The van der Waals surface area contributed by atoms with Gasteiger partial charge in [-0.2, -0.15) is 17.9 Å². The summed E-state index contributed by atoms with van der Waals surface area (Å²) in [5.74, 6) is -0.538. The van der Waals surface area contributed by atoms with Crippen LogP contribution in [0.2, 0.25) is 10.0 Å². The van der Waals surface area contributed by atoms with Crippen molar-refractivity contribution in [3.8, 4) is 10.4 Å². The van der Waals surface area contributed by atoms with E-state index in [1.807, 2.05) is 0 Å². The molecule has 1 saturated carbocycles. The molecule has 0 saturated heterocycles. The van der Waals surface area contributed by atoms with E-state index in [9.17, 15) is 31.5 Å². The number of sulfonamides is 1. The number of hydrogen-bond acceptors (Lipinski definition) is 5. The van der Waals surface area contributed by atoms with Crippen LogP contribution in [0.25, 0.3) is 10.4 Å². The zero-order chi connectivity index (χ0) is 26.3. The van der Waals surface area contributed by atoms with Crippen LogP contribution >= 0.6 is 34.5 Å². The molecule has 2 aromatic rings. The van der Waals surface area contributed by atoms with E-state index < -0.39 is 43.5 Å². The van der Waals surface area contributed by atoms with Gasteiger partial charge in [0.25, 0.3) is 0 Å². The zero-order valence-electron chi connectivity index (χ0n) is 19.2. The van der Waals surface area contributed by atoms with Gasteiger partial charge >= 0.3 is 12.1 Å². The van der Waals surface area contributed by atoms with E-state index in [1.54, 1.807) is 18.6 Å². The van der Waals surface area contributed by atoms with E-state index in [0.717, 1.165) is 25.3 Å². The number of benzene rings is 1. The fourth-order valence-electron chi connectivity index (χ4n) is 3.53. The summed E-state index contributed by atoms with van der Waals surface area (Å²) < 4.78 is 65.4. The molecule has 0 spiro atoms. The molecule has 1 aromatic carbocycles. The number of carboxylic acid groups (broad SMARTS) is 1. The molecule has 1 aromatic heterocycles. The number of carboxylic acids is 1. The molecule has 2 N–H and O–H groups in total. The molecule has 3 rings (SSSR count). The number of nitrogens with one attached hydrogen (secondary N) is 1. The van der Waals surface area contributed by atoms with Gasteiger partial charge < -0.3 is 5.11 Å². The maximum Gasteiger partial charge on any atom is 0.404 e. The van der Waals surface area contributed by atoms with Crippen LogP contribution < -0.4 is 4.72 Å². The fraction of sp³-hybridized carbons (Fsp3) is 0.545. The van der Waals surface area contributed by atoms with Crippen LogP contribution in [0, 0.1) is 11.3 Å². The van der Waals surface area contributed by atoms with E-state index in [4.69, 9.17) is 23.2 Å². The van der Waals surface area contributed by atoms with Crippen molar-refractivity contribution in [3.63, 3.8) is 0 Å². The maximum absolute atomic E-state index is 12.9. The summed E-state index contributed by atoms with van der Waals surface area (Å²) in [6.07, 6.45) is -0.739. The molecule has 194 valence electrons. The third kappa shape index (κ3) is 6.30. The lowest BCUT2D eigenvalue weighted by molar-refractivity contribution is -0.147. The topological polar surface area (TPSA) is 96.4 Å². The standard InChI is InChI=1S/C22H25Cl2F3N2O4S2/c1-11(22(25,26)27)29-35(32,33)15-8-7-13(17(23)18(15)24)19-14(9-12-5-4-6-12)28-16(34-19)10-21(2,3)20(30)31/h7-8,11-12,29H,4-6,9-10H2,1-3H3,(H,30,31)/t11-/m0/s1. The Morgan fingerprint density at radius 3 is 2.40 bits per heavy atom. The predicted octanol–water partition coefficient (Wildman–Crippen LogP) is 6.34. The normalized spacial score (nSPS) is 16.2. The number of carbonyl (C=O) groups is 1. The Kier molecular flexibility index (Phi) is 8.18. The van der Waals surface area contributed by atoms with Crippen molar-refractivity contribution in [1.29, 1.82) is 0 Å². The lowest BCUT2D eigenvalue weighted by Crippen LogP contribution is -2.43. The minimum Gasteiger partial charge on any atom is -0.481 e. The summed E-state index contributed by atoms with van der Waals surface area (Å²) in [6.45, 7) is 3.88. The first-order chi connectivity index (χ1) is 16.0. The molecule has 0 unspecified atom stereocenters. The second-order valence-corrected chi connectivity index (χ2v) is 12.9. The smallest absolute Gasteiger partial charge is 0.404 e. The molecule has 1 aliphatic carbocycles. The largest absolute Gasteiger partial charge is 0.481 e. The third-order valence-electron chi connectivity index (χ3n) is 6.02. The molecular formula is C22H25Cl2F3N2O4S2. The van der Waals surface area contributed by atoms with Gasteiger partial charge in [-0.05, 0) is 39.2 Å². The van der Waals surface area contributed by atoms with Crippen LogP contribution in [-0.2, 0) is 27.7 Å². The highest BCUT2D eigenvalue weighted by atomic mass is 35.5. The Labute approximate surface area is 215 Å². The number of aliphatic carboxylic acids is 1. The Morgan fingerprint density at radius 2 is 1.89 bits per heavy atom. The Morgan fingerprint density at radius 1 is 1.26 bits per heavy atom. The van der Waals surface area contributed by atoms with E-state index >= 15 is 0 Å². The van der Waals surface area contributed by atoms with E-state index in [-0.39, 0.29) is 11.4 Å². The van der Waals surface area contributed by atoms with Gasteiger partial charge in [0.2, 0.25) is 10.0 Å². The average molecular weight is 573 g/mol. The highest BCUT2D eigenvalue weighted by Crippen LogP contribution is 2.44. The Balaban J connectivity index is 2.02. The summed E-state index contributed by atoms with van der Waals surface area (Å²) in [6, 6.07) is 0.186. The summed E-state index contributed by atoms with van der Waals surface area (Å²) in [5, 5.41) is 9.55. The SMILES string of the molecule is C[C@H](NS(=O)(=O)c1ccc(-c2sc(CC(C)(C)C(=O)O)nc2CC2CCC2)c(Cl)c1Cl)C(F)(F)F. The van der Waals surface area contributed by atoms with Crippen molar-refractivity contribution >= 4 is 50.5 Å². The molecule has 0 aliphatic heterocycles.